The lowest BCUT2D eigenvalue weighted by molar-refractivity contribution is -0.119. The Hall–Kier alpha value is -2.17. The lowest BCUT2D eigenvalue weighted by Crippen LogP contribution is -2.21. The number of hydrogen-bond acceptors (Lipinski definition) is 6. The number of nitrogens with two attached hydrogens (primary N) is 1. The van der Waals surface area contributed by atoms with Crippen molar-refractivity contribution in [3.05, 3.63) is 46.8 Å². The molecule has 0 saturated carbocycles. The molecule has 122 valence electrons. The van der Waals surface area contributed by atoms with Crippen molar-refractivity contribution in [3.8, 4) is 0 Å². The van der Waals surface area contributed by atoms with Crippen LogP contribution in [0.3, 0.4) is 0 Å². The van der Waals surface area contributed by atoms with Crippen LogP contribution in [0, 0.1) is 0 Å². The first-order valence-electron chi connectivity index (χ1n) is 6.11. The smallest absolute Gasteiger partial charge is 0.374 e. The van der Waals surface area contributed by atoms with Gasteiger partial charge in [0.2, 0.25) is 15.8 Å². The summed E-state index contributed by atoms with van der Waals surface area (Å²) in [5.41, 5.74) is 0.207. The molecule has 1 aromatic heterocycles. The molecule has 1 heterocycles. The molecule has 2 rings (SSSR count). The van der Waals surface area contributed by atoms with E-state index in [9.17, 15) is 18.0 Å². The number of carbonyl (C=O) groups excluding carboxylic acids is 2. The van der Waals surface area contributed by atoms with E-state index >= 15 is 0 Å². The predicted octanol–water partition coefficient (Wildman–Crippen LogP) is 1.48. The number of amides is 1. The molecule has 0 aliphatic rings. The Bertz CT molecular complexity index is 846. The largest absolute Gasteiger partial charge is 0.450 e. The highest BCUT2D eigenvalue weighted by Crippen LogP contribution is 2.15. The maximum Gasteiger partial charge on any atom is 0.374 e. The van der Waals surface area contributed by atoms with Crippen molar-refractivity contribution in [1.29, 1.82) is 0 Å². The fourth-order valence-electron chi connectivity index (χ4n) is 1.57. The average molecular weight is 403 g/mol. The van der Waals surface area contributed by atoms with E-state index < -0.39 is 28.5 Å². The Morgan fingerprint density at radius 2 is 2.00 bits per heavy atom. The van der Waals surface area contributed by atoms with Gasteiger partial charge in [-0.05, 0) is 46.3 Å². The van der Waals surface area contributed by atoms with E-state index in [1.165, 1.54) is 36.4 Å². The maximum absolute atomic E-state index is 11.7. The minimum absolute atomic E-state index is 0.0547. The Morgan fingerprint density at radius 1 is 1.26 bits per heavy atom. The van der Waals surface area contributed by atoms with Crippen LogP contribution >= 0.6 is 15.9 Å². The number of furan rings is 1. The van der Waals surface area contributed by atoms with Crippen molar-refractivity contribution >= 4 is 43.5 Å². The van der Waals surface area contributed by atoms with Crippen LogP contribution in [-0.4, -0.2) is 26.9 Å². The number of halogens is 1. The van der Waals surface area contributed by atoms with Gasteiger partial charge in [-0.25, -0.2) is 18.4 Å². The van der Waals surface area contributed by atoms with Crippen LogP contribution in [0.2, 0.25) is 0 Å². The van der Waals surface area contributed by atoms with Crippen molar-refractivity contribution in [1.82, 2.24) is 0 Å². The van der Waals surface area contributed by atoms with E-state index in [1.54, 1.807) is 0 Å². The van der Waals surface area contributed by atoms with Crippen molar-refractivity contribution in [2.75, 3.05) is 11.9 Å². The van der Waals surface area contributed by atoms with E-state index in [0.717, 1.165) is 0 Å². The van der Waals surface area contributed by atoms with Gasteiger partial charge in [0.05, 0.1) is 4.90 Å². The normalized spacial score (nSPS) is 11.0. The van der Waals surface area contributed by atoms with Crippen molar-refractivity contribution in [2.24, 2.45) is 5.14 Å². The molecule has 0 bridgehead atoms. The summed E-state index contributed by atoms with van der Waals surface area (Å²) >= 11 is 3.03. The molecule has 0 radical (unpaired) electrons. The van der Waals surface area contributed by atoms with E-state index in [4.69, 9.17) is 14.3 Å². The number of primary sulfonamides is 1. The van der Waals surface area contributed by atoms with Crippen LogP contribution in [0.25, 0.3) is 0 Å². The Labute approximate surface area is 139 Å². The van der Waals surface area contributed by atoms with Gasteiger partial charge in [0.25, 0.3) is 5.91 Å². The Kier molecular flexibility index (Phi) is 5.19. The second-order valence-corrected chi connectivity index (χ2v) is 6.64. The summed E-state index contributed by atoms with van der Waals surface area (Å²) in [6.45, 7) is -0.559. The van der Waals surface area contributed by atoms with Crippen LogP contribution in [0.5, 0.6) is 0 Å². The summed E-state index contributed by atoms with van der Waals surface area (Å²) in [6, 6.07) is 8.27. The molecular weight excluding hydrogens is 392 g/mol. The highest BCUT2D eigenvalue weighted by Gasteiger charge is 2.15. The molecule has 10 heteroatoms. The molecule has 23 heavy (non-hydrogen) atoms. The van der Waals surface area contributed by atoms with Gasteiger partial charge in [-0.15, -0.1) is 0 Å². The van der Waals surface area contributed by atoms with Gasteiger partial charge in [0.1, 0.15) is 0 Å². The number of anilines is 1. The zero-order chi connectivity index (χ0) is 17.0. The minimum atomic E-state index is -3.87. The second-order valence-electron chi connectivity index (χ2n) is 4.30. The number of sulfonamides is 1. The number of rotatable bonds is 5. The lowest BCUT2D eigenvalue weighted by Gasteiger charge is -2.07. The van der Waals surface area contributed by atoms with Crippen LogP contribution in [0.15, 0.2) is 50.4 Å². The molecule has 0 unspecified atom stereocenters. The van der Waals surface area contributed by atoms with Gasteiger partial charge in [0, 0.05) is 5.69 Å². The van der Waals surface area contributed by atoms with Gasteiger partial charge in [-0.2, -0.15) is 0 Å². The second kappa shape index (κ2) is 6.94. The summed E-state index contributed by atoms with van der Waals surface area (Å²) in [4.78, 5) is 23.1. The predicted molar refractivity (Wildman–Crippen MR) is 83.1 cm³/mol. The van der Waals surface area contributed by atoms with Crippen molar-refractivity contribution < 1.29 is 27.2 Å². The van der Waals surface area contributed by atoms with Crippen LogP contribution in [0.4, 0.5) is 5.69 Å². The molecule has 0 spiro atoms. The highest BCUT2D eigenvalue weighted by molar-refractivity contribution is 9.10. The zero-order valence-electron chi connectivity index (χ0n) is 11.5. The van der Waals surface area contributed by atoms with Crippen LogP contribution in [-0.2, 0) is 19.6 Å². The SMILES string of the molecule is NS(=O)(=O)c1cccc(NC(=O)COC(=O)c2ccc(Br)o2)c1. The van der Waals surface area contributed by atoms with Gasteiger partial charge in [-0.3, -0.25) is 4.79 Å². The van der Waals surface area contributed by atoms with Gasteiger partial charge in [0.15, 0.2) is 11.3 Å². The fourth-order valence-corrected chi connectivity index (χ4v) is 2.44. The first kappa shape index (κ1) is 17.2. The number of carbonyl (C=O) groups is 2. The molecule has 0 aliphatic carbocycles. The van der Waals surface area contributed by atoms with Crippen LogP contribution < -0.4 is 10.5 Å². The molecular formula is C13H11BrN2O6S. The van der Waals surface area contributed by atoms with Crippen molar-refractivity contribution in [3.63, 3.8) is 0 Å². The maximum atomic E-state index is 11.7. The number of ether oxygens (including phenoxy) is 1. The van der Waals surface area contributed by atoms with Gasteiger partial charge >= 0.3 is 5.97 Å². The summed E-state index contributed by atoms with van der Waals surface area (Å²) in [6.07, 6.45) is 0. The van der Waals surface area contributed by atoms with Gasteiger partial charge < -0.3 is 14.5 Å². The molecule has 1 aromatic carbocycles. The summed E-state index contributed by atoms with van der Waals surface area (Å²) in [5.74, 6) is -1.50. The third kappa shape index (κ3) is 4.91. The number of benzene rings is 1. The molecule has 3 N–H and O–H groups in total. The Balaban J connectivity index is 1.94. The monoisotopic (exact) mass is 402 g/mol. The van der Waals surface area contributed by atoms with Crippen molar-refractivity contribution in [2.45, 2.75) is 4.90 Å². The van der Waals surface area contributed by atoms with E-state index in [0.29, 0.717) is 4.67 Å². The summed E-state index contributed by atoms with van der Waals surface area (Å²) in [7, 11) is -3.87. The van der Waals surface area contributed by atoms with E-state index in [1.807, 2.05) is 0 Å². The quantitative estimate of drug-likeness (QED) is 0.728. The minimum Gasteiger partial charge on any atom is -0.450 e. The zero-order valence-corrected chi connectivity index (χ0v) is 13.9. The van der Waals surface area contributed by atoms with E-state index in [2.05, 4.69) is 21.2 Å². The average Bonchev–Trinajstić information content (AvgIpc) is 2.91. The standard InChI is InChI=1S/C13H11BrN2O6S/c14-11-5-4-10(22-11)13(18)21-7-12(17)16-8-2-1-3-9(6-8)23(15,19)20/h1-6H,7H2,(H,16,17)(H2,15,19,20). The molecule has 2 aromatic rings. The van der Waals surface area contributed by atoms with E-state index in [-0.39, 0.29) is 16.3 Å². The molecule has 8 nitrogen and oxygen atoms in total. The highest BCUT2D eigenvalue weighted by atomic mass is 79.9. The Morgan fingerprint density at radius 3 is 2.61 bits per heavy atom. The molecule has 0 saturated heterocycles. The molecule has 0 atom stereocenters. The molecule has 0 fully saturated rings. The number of hydrogen-bond donors (Lipinski definition) is 2. The first-order chi connectivity index (χ1) is 10.8. The lowest BCUT2D eigenvalue weighted by atomic mass is 10.3. The first-order valence-corrected chi connectivity index (χ1v) is 8.45. The third-order valence-electron chi connectivity index (χ3n) is 2.56. The molecule has 0 aliphatic heterocycles. The number of esters is 1. The number of nitrogens with one attached hydrogen (secondary N) is 1. The van der Waals surface area contributed by atoms with Gasteiger partial charge in [-0.1, -0.05) is 6.07 Å². The molecule has 1 amide bonds. The summed E-state index contributed by atoms with van der Waals surface area (Å²) < 4.78 is 32.6. The topological polar surface area (TPSA) is 129 Å². The third-order valence-corrected chi connectivity index (χ3v) is 3.89. The fraction of sp³-hybridized carbons (Fsp3) is 0.0769. The van der Waals surface area contributed by atoms with Crippen LogP contribution in [0.1, 0.15) is 10.6 Å². The summed E-state index contributed by atoms with van der Waals surface area (Å²) in [5, 5.41) is 7.39.